The van der Waals surface area contributed by atoms with Gasteiger partial charge in [-0.2, -0.15) is 13.2 Å². The summed E-state index contributed by atoms with van der Waals surface area (Å²) in [6, 6.07) is 6.47. The van der Waals surface area contributed by atoms with Crippen molar-refractivity contribution in [1.29, 1.82) is 0 Å². The van der Waals surface area contributed by atoms with Crippen molar-refractivity contribution in [3.63, 3.8) is 0 Å². The molecule has 31 heavy (non-hydrogen) atoms. The van der Waals surface area contributed by atoms with E-state index in [0.29, 0.717) is 18.1 Å². The second kappa shape index (κ2) is 8.58. The Hall–Kier alpha value is -2.46. The molecule has 0 spiro atoms. The van der Waals surface area contributed by atoms with E-state index in [2.05, 4.69) is 21.2 Å². The van der Waals surface area contributed by atoms with Crippen molar-refractivity contribution >= 4 is 33.2 Å². The number of hydrogen-bond donors (Lipinski definition) is 1. The van der Waals surface area contributed by atoms with Crippen molar-refractivity contribution in [3.8, 4) is 0 Å². The standard InChI is InChI=1S/C21H24F3N5OS/c1-13(9-14-11-25-16-6-4-3-5-15(14)16)10-17(30)19-26-27-20(31-19)29-8-7-28(2)18(12-29)21(22,23)24/h3-6,11,13,18,25H,7-10,12H2,1-2H3. The molecule has 1 aliphatic heterocycles. The van der Waals surface area contributed by atoms with Crippen LogP contribution in [0.2, 0.25) is 0 Å². The fourth-order valence-electron chi connectivity index (χ4n) is 4.01. The van der Waals surface area contributed by atoms with Crippen LogP contribution in [0.15, 0.2) is 30.5 Å². The van der Waals surface area contributed by atoms with E-state index in [-0.39, 0.29) is 29.8 Å². The van der Waals surface area contributed by atoms with Gasteiger partial charge in [0.05, 0.1) is 0 Å². The first kappa shape index (κ1) is 21.8. The van der Waals surface area contributed by atoms with Gasteiger partial charge >= 0.3 is 6.18 Å². The van der Waals surface area contributed by atoms with Gasteiger partial charge in [0.15, 0.2) is 10.8 Å². The molecule has 166 valence electrons. The smallest absolute Gasteiger partial charge is 0.361 e. The largest absolute Gasteiger partial charge is 0.405 e. The lowest BCUT2D eigenvalue weighted by Gasteiger charge is -2.39. The summed E-state index contributed by atoms with van der Waals surface area (Å²) in [7, 11) is 1.47. The van der Waals surface area contributed by atoms with Gasteiger partial charge in [-0.05, 0) is 31.0 Å². The third-order valence-corrected chi connectivity index (χ3v) is 6.75. The lowest BCUT2D eigenvalue weighted by atomic mass is 9.96. The molecule has 3 heterocycles. The molecule has 1 N–H and O–H groups in total. The molecular weight excluding hydrogens is 427 g/mol. The van der Waals surface area contributed by atoms with Crippen LogP contribution in [0.1, 0.15) is 28.7 Å². The summed E-state index contributed by atoms with van der Waals surface area (Å²) in [4.78, 5) is 18.8. The molecule has 10 heteroatoms. The topological polar surface area (TPSA) is 65.1 Å². The number of piperazine rings is 1. The van der Waals surface area contributed by atoms with Crippen molar-refractivity contribution in [2.24, 2.45) is 5.92 Å². The van der Waals surface area contributed by atoms with E-state index in [0.717, 1.165) is 34.2 Å². The molecule has 0 aliphatic carbocycles. The number of rotatable bonds is 6. The van der Waals surface area contributed by atoms with Gasteiger partial charge in [0, 0.05) is 43.2 Å². The van der Waals surface area contributed by atoms with Crippen molar-refractivity contribution in [1.82, 2.24) is 20.1 Å². The van der Waals surface area contributed by atoms with Crippen LogP contribution in [-0.2, 0) is 6.42 Å². The van der Waals surface area contributed by atoms with Crippen molar-refractivity contribution in [2.45, 2.75) is 32.0 Å². The van der Waals surface area contributed by atoms with Crippen LogP contribution >= 0.6 is 11.3 Å². The van der Waals surface area contributed by atoms with Crippen molar-refractivity contribution < 1.29 is 18.0 Å². The first-order valence-electron chi connectivity index (χ1n) is 10.2. The van der Waals surface area contributed by atoms with E-state index < -0.39 is 12.2 Å². The quantitative estimate of drug-likeness (QED) is 0.571. The molecule has 1 fully saturated rings. The maximum atomic E-state index is 13.3. The lowest BCUT2D eigenvalue weighted by molar-refractivity contribution is -0.180. The Morgan fingerprint density at radius 1 is 1.29 bits per heavy atom. The number of ketones is 1. The normalized spacial score (nSPS) is 19.1. The number of nitrogens with one attached hydrogen (secondary N) is 1. The number of carbonyl (C=O) groups is 1. The molecule has 0 radical (unpaired) electrons. The Bertz CT molecular complexity index is 1060. The summed E-state index contributed by atoms with van der Waals surface area (Å²) < 4.78 is 39.8. The third kappa shape index (κ3) is 4.74. The number of anilines is 1. The summed E-state index contributed by atoms with van der Waals surface area (Å²) in [6.07, 6.45) is -1.29. The van der Waals surface area contributed by atoms with Gasteiger partial charge in [0.25, 0.3) is 0 Å². The Labute approximate surface area is 182 Å². The van der Waals surface area contributed by atoms with E-state index in [1.165, 1.54) is 11.9 Å². The summed E-state index contributed by atoms with van der Waals surface area (Å²) in [5.41, 5.74) is 2.22. The van der Waals surface area contributed by atoms with E-state index >= 15 is 0 Å². The van der Waals surface area contributed by atoms with Crippen molar-refractivity contribution in [3.05, 3.63) is 41.0 Å². The average Bonchev–Trinajstić information content (AvgIpc) is 3.35. The number of aromatic nitrogens is 3. The van der Waals surface area contributed by atoms with Gasteiger partial charge in [-0.1, -0.05) is 36.5 Å². The first-order chi connectivity index (χ1) is 14.7. The molecule has 0 saturated carbocycles. The molecule has 6 nitrogen and oxygen atoms in total. The molecule has 0 amide bonds. The minimum Gasteiger partial charge on any atom is -0.361 e. The van der Waals surface area contributed by atoms with Gasteiger partial charge in [-0.25, -0.2) is 0 Å². The minimum atomic E-state index is -4.31. The molecule has 2 aromatic heterocycles. The van der Waals surface area contributed by atoms with Crippen LogP contribution in [0.4, 0.5) is 18.3 Å². The van der Waals surface area contributed by atoms with Crippen LogP contribution < -0.4 is 4.90 Å². The number of aromatic amines is 1. The third-order valence-electron chi connectivity index (χ3n) is 5.73. The Morgan fingerprint density at radius 3 is 2.84 bits per heavy atom. The van der Waals surface area contributed by atoms with Gasteiger partial charge in [0.2, 0.25) is 5.13 Å². The second-order valence-electron chi connectivity index (χ2n) is 8.17. The van der Waals surface area contributed by atoms with E-state index in [1.54, 1.807) is 4.90 Å². The predicted octanol–water partition coefficient (Wildman–Crippen LogP) is 4.15. The molecule has 1 aliphatic rings. The van der Waals surface area contributed by atoms with Gasteiger partial charge in [-0.15, -0.1) is 10.2 Å². The number of carbonyl (C=O) groups excluding carboxylic acids is 1. The fraction of sp³-hybridized carbons (Fsp3) is 0.476. The SMILES string of the molecule is CC(CC(=O)c1nnc(N2CCN(C)C(C(F)(F)F)C2)s1)Cc1c[nH]c2ccccc12. The predicted molar refractivity (Wildman–Crippen MR) is 115 cm³/mol. The van der Waals surface area contributed by atoms with Gasteiger partial charge in [-0.3, -0.25) is 9.69 Å². The van der Waals surface area contributed by atoms with Gasteiger partial charge < -0.3 is 9.88 Å². The van der Waals surface area contributed by atoms with E-state index in [9.17, 15) is 18.0 Å². The van der Waals surface area contributed by atoms with Crippen LogP contribution in [0.3, 0.4) is 0 Å². The van der Waals surface area contributed by atoms with E-state index in [4.69, 9.17) is 0 Å². The zero-order valence-corrected chi connectivity index (χ0v) is 18.1. The number of alkyl halides is 3. The number of H-pyrrole nitrogens is 1. The van der Waals surface area contributed by atoms with Crippen LogP contribution in [0, 0.1) is 5.92 Å². The highest BCUT2D eigenvalue weighted by Crippen LogP contribution is 2.31. The van der Waals surface area contributed by atoms with E-state index in [1.807, 2.05) is 31.3 Å². The highest BCUT2D eigenvalue weighted by atomic mass is 32.1. The molecule has 4 rings (SSSR count). The number of halogens is 3. The van der Waals surface area contributed by atoms with Crippen molar-refractivity contribution in [2.75, 3.05) is 31.6 Å². The maximum Gasteiger partial charge on any atom is 0.405 e. The molecule has 0 bridgehead atoms. The second-order valence-corrected chi connectivity index (χ2v) is 9.13. The number of hydrogen-bond acceptors (Lipinski definition) is 6. The zero-order valence-electron chi connectivity index (χ0n) is 17.3. The summed E-state index contributed by atoms with van der Waals surface area (Å²) in [5.74, 6) is -0.0325. The number of Topliss-reactive ketones (excluding diaryl/α,β-unsaturated/α-hetero) is 1. The monoisotopic (exact) mass is 451 g/mol. The number of likely N-dealkylation sites (N-methyl/N-ethyl adjacent to an activating group) is 1. The fourth-order valence-corrected chi connectivity index (χ4v) is 4.84. The minimum absolute atomic E-state index is 0.0947. The summed E-state index contributed by atoms with van der Waals surface area (Å²) >= 11 is 1.08. The molecule has 2 atom stereocenters. The summed E-state index contributed by atoms with van der Waals surface area (Å²) in [6.45, 7) is 2.49. The number of fused-ring (bicyclic) bond motifs is 1. The number of benzene rings is 1. The van der Waals surface area contributed by atoms with Gasteiger partial charge in [0.1, 0.15) is 6.04 Å². The maximum absolute atomic E-state index is 13.3. The highest BCUT2D eigenvalue weighted by Gasteiger charge is 2.45. The molecule has 3 aromatic rings. The molecule has 2 unspecified atom stereocenters. The zero-order chi connectivity index (χ0) is 22.2. The Kier molecular flexibility index (Phi) is 6.02. The number of nitrogens with zero attached hydrogens (tertiary/aromatic N) is 4. The summed E-state index contributed by atoms with van der Waals surface area (Å²) in [5, 5.41) is 9.75. The lowest BCUT2D eigenvalue weighted by Crippen LogP contribution is -2.57. The Morgan fingerprint density at radius 2 is 2.06 bits per heavy atom. The average molecular weight is 452 g/mol. The van der Waals surface area contributed by atoms with Crippen LogP contribution in [0.25, 0.3) is 10.9 Å². The number of para-hydroxylation sites is 1. The molecule has 1 saturated heterocycles. The molecule has 1 aromatic carbocycles. The van der Waals surface area contributed by atoms with Crippen LogP contribution in [0.5, 0.6) is 0 Å². The highest BCUT2D eigenvalue weighted by molar-refractivity contribution is 7.17. The molecular formula is C21H24F3N5OS. The Balaban J connectivity index is 1.39. The first-order valence-corrected chi connectivity index (χ1v) is 11.0. The van der Waals surface area contributed by atoms with Crippen LogP contribution in [-0.4, -0.2) is 64.8 Å².